The first-order valence-corrected chi connectivity index (χ1v) is 10.0. The van der Waals surface area contributed by atoms with Crippen molar-refractivity contribution in [2.75, 3.05) is 5.73 Å². The molecule has 0 saturated carbocycles. The van der Waals surface area contributed by atoms with E-state index in [1.54, 1.807) is 6.07 Å². The van der Waals surface area contributed by atoms with Crippen molar-refractivity contribution in [1.82, 2.24) is 5.16 Å². The first-order valence-electron chi connectivity index (χ1n) is 9.18. The predicted octanol–water partition coefficient (Wildman–Crippen LogP) is 3.29. The standard InChI is InChI=1S/C21H21N3O3S/c22-19(26)18-16-7-9-21(11-17(16)28-20(18)23,13-4-2-1-3-5-13)8-6-15-10-14(12-25)24-27-15/h1-5,10,12H,6-9,11,23H2,(H2,22,26). The van der Waals surface area contributed by atoms with Gasteiger partial charge in [-0.25, -0.2) is 0 Å². The molecule has 0 aliphatic heterocycles. The molecule has 4 N–H and O–H groups in total. The number of amides is 1. The summed E-state index contributed by atoms with van der Waals surface area (Å²) in [6, 6.07) is 12.1. The SMILES string of the molecule is NC(=O)c1c(N)sc2c1CCC(CCc1cc(C=O)no1)(c1ccccc1)C2. The number of thiophene rings is 1. The highest BCUT2D eigenvalue weighted by Crippen LogP contribution is 2.46. The maximum absolute atomic E-state index is 11.8. The summed E-state index contributed by atoms with van der Waals surface area (Å²) in [7, 11) is 0. The third-order valence-electron chi connectivity index (χ3n) is 5.65. The molecule has 1 amide bonds. The normalized spacial score (nSPS) is 18.6. The lowest BCUT2D eigenvalue weighted by atomic mass is 9.66. The van der Waals surface area contributed by atoms with E-state index in [2.05, 4.69) is 17.3 Å². The van der Waals surface area contributed by atoms with Crippen LogP contribution in [-0.4, -0.2) is 17.4 Å². The lowest BCUT2D eigenvalue weighted by Gasteiger charge is -2.38. The average Bonchev–Trinajstić information content (AvgIpc) is 3.29. The summed E-state index contributed by atoms with van der Waals surface area (Å²) in [6.45, 7) is 0. The summed E-state index contributed by atoms with van der Waals surface area (Å²) in [4.78, 5) is 23.8. The quantitative estimate of drug-likeness (QED) is 0.622. The number of hydrogen-bond donors (Lipinski definition) is 2. The van der Waals surface area contributed by atoms with Crippen LogP contribution in [0.2, 0.25) is 0 Å². The number of aryl methyl sites for hydroxylation is 1. The molecular formula is C21H21N3O3S. The third kappa shape index (κ3) is 3.22. The fourth-order valence-corrected chi connectivity index (χ4v) is 5.50. The number of carbonyl (C=O) groups is 2. The van der Waals surface area contributed by atoms with Crippen LogP contribution in [0.5, 0.6) is 0 Å². The number of nitrogens with two attached hydrogens (primary N) is 2. The Labute approximate surface area is 166 Å². The lowest BCUT2D eigenvalue weighted by molar-refractivity contribution is 0.0999. The Balaban J connectivity index is 1.68. The van der Waals surface area contributed by atoms with E-state index in [4.69, 9.17) is 16.0 Å². The highest BCUT2D eigenvalue weighted by Gasteiger charge is 2.39. The Morgan fingerprint density at radius 1 is 1.32 bits per heavy atom. The van der Waals surface area contributed by atoms with E-state index in [0.29, 0.717) is 34.7 Å². The Bertz CT molecular complexity index is 1020. The molecule has 1 aliphatic rings. The molecule has 1 unspecified atom stereocenters. The molecule has 0 radical (unpaired) electrons. The van der Waals surface area contributed by atoms with Crippen molar-refractivity contribution in [3.05, 3.63) is 69.4 Å². The first kappa shape index (κ1) is 18.4. The molecule has 0 spiro atoms. The van der Waals surface area contributed by atoms with Gasteiger partial charge in [-0.2, -0.15) is 0 Å². The highest BCUT2D eigenvalue weighted by molar-refractivity contribution is 7.16. The van der Waals surface area contributed by atoms with Gasteiger partial charge in [0.2, 0.25) is 0 Å². The number of hydrogen-bond acceptors (Lipinski definition) is 6. The molecule has 1 atom stereocenters. The van der Waals surface area contributed by atoms with Crippen LogP contribution in [0.3, 0.4) is 0 Å². The number of carbonyl (C=O) groups excluding carboxylic acids is 2. The maximum Gasteiger partial charge on any atom is 0.251 e. The molecule has 1 aromatic carbocycles. The Kier molecular flexibility index (Phi) is 4.77. The topological polar surface area (TPSA) is 112 Å². The second-order valence-electron chi connectivity index (χ2n) is 7.27. The van der Waals surface area contributed by atoms with Crippen molar-refractivity contribution < 1.29 is 14.1 Å². The van der Waals surface area contributed by atoms with E-state index >= 15 is 0 Å². The van der Waals surface area contributed by atoms with Crippen LogP contribution in [0.25, 0.3) is 0 Å². The third-order valence-corrected chi connectivity index (χ3v) is 6.71. The summed E-state index contributed by atoms with van der Waals surface area (Å²) >= 11 is 1.47. The Morgan fingerprint density at radius 2 is 2.11 bits per heavy atom. The number of fused-ring (bicyclic) bond motifs is 1. The van der Waals surface area contributed by atoms with Gasteiger partial charge >= 0.3 is 0 Å². The van der Waals surface area contributed by atoms with Crippen LogP contribution in [0.4, 0.5) is 5.00 Å². The van der Waals surface area contributed by atoms with E-state index in [0.717, 1.165) is 36.1 Å². The van der Waals surface area contributed by atoms with Crippen LogP contribution in [0, 0.1) is 0 Å². The lowest BCUT2D eigenvalue weighted by Crippen LogP contribution is -2.34. The number of primary amides is 1. The summed E-state index contributed by atoms with van der Waals surface area (Å²) in [6.07, 6.45) is 4.64. The van der Waals surface area contributed by atoms with Crippen LogP contribution in [0.1, 0.15) is 55.5 Å². The molecule has 0 fully saturated rings. The van der Waals surface area contributed by atoms with Crippen LogP contribution < -0.4 is 11.5 Å². The number of rotatable bonds is 6. The monoisotopic (exact) mass is 395 g/mol. The van der Waals surface area contributed by atoms with Crippen molar-refractivity contribution in [3.63, 3.8) is 0 Å². The summed E-state index contributed by atoms with van der Waals surface area (Å²) < 4.78 is 5.29. The van der Waals surface area contributed by atoms with Gasteiger partial charge in [0, 0.05) is 22.8 Å². The second-order valence-corrected chi connectivity index (χ2v) is 8.40. The van der Waals surface area contributed by atoms with E-state index in [1.807, 2.05) is 18.2 Å². The molecule has 4 rings (SSSR count). The predicted molar refractivity (Wildman–Crippen MR) is 108 cm³/mol. The minimum Gasteiger partial charge on any atom is -0.390 e. The van der Waals surface area contributed by atoms with E-state index < -0.39 is 5.91 Å². The van der Waals surface area contributed by atoms with Crippen LogP contribution in [0.15, 0.2) is 40.9 Å². The van der Waals surface area contributed by atoms with Crippen molar-refractivity contribution in [3.8, 4) is 0 Å². The molecule has 0 saturated heterocycles. The minimum atomic E-state index is -0.453. The Hall–Kier alpha value is -2.93. The smallest absolute Gasteiger partial charge is 0.251 e. The van der Waals surface area contributed by atoms with Crippen LogP contribution >= 0.6 is 11.3 Å². The van der Waals surface area contributed by atoms with Crippen molar-refractivity contribution >= 4 is 28.5 Å². The van der Waals surface area contributed by atoms with E-state index in [9.17, 15) is 9.59 Å². The number of aldehydes is 1. The zero-order valence-electron chi connectivity index (χ0n) is 15.3. The molecule has 3 aromatic rings. The fraction of sp³-hybridized carbons (Fsp3) is 0.286. The molecule has 6 nitrogen and oxygen atoms in total. The summed E-state index contributed by atoms with van der Waals surface area (Å²) in [5, 5.41) is 4.26. The zero-order chi connectivity index (χ0) is 19.7. The van der Waals surface area contributed by atoms with E-state index in [-0.39, 0.29) is 5.41 Å². The van der Waals surface area contributed by atoms with Gasteiger partial charge in [0.05, 0.1) is 10.6 Å². The van der Waals surface area contributed by atoms with Gasteiger partial charge in [-0.3, -0.25) is 9.59 Å². The molecule has 2 aromatic heterocycles. The largest absolute Gasteiger partial charge is 0.390 e. The van der Waals surface area contributed by atoms with Gasteiger partial charge in [-0.05, 0) is 36.8 Å². The molecule has 144 valence electrons. The van der Waals surface area contributed by atoms with Gasteiger partial charge in [-0.15, -0.1) is 11.3 Å². The number of aromatic nitrogens is 1. The number of nitrogen functional groups attached to an aromatic ring is 1. The Morgan fingerprint density at radius 3 is 2.79 bits per heavy atom. The molecular weight excluding hydrogens is 374 g/mol. The zero-order valence-corrected chi connectivity index (χ0v) is 16.1. The average molecular weight is 395 g/mol. The molecule has 0 bridgehead atoms. The van der Waals surface area contributed by atoms with E-state index in [1.165, 1.54) is 16.9 Å². The number of benzene rings is 1. The van der Waals surface area contributed by atoms with Gasteiger partial charge in [-0.1, -0.05) is 35.5 Å². The molecule has 28 heavy (non-hydrogen) atoms. The first-order chi connectivity index (χ1) is 13.5. The van der Waals surface area contributed by atoms with Gasteiger partial charge < -0.3 is 16.0 Å². The van der Waals surface area contributed by atoms with Crippen molar-refractivity contribution in [1.29, 1.82) is 0 Å². The minimum absolute atomic E-state index is 0.103. The van der Waals surface area contributed by atoms with Crippen LogP contribution in [-0.2, 0) is 24.7 Å². The summed E-state index contributed by atoms with van der Waals surface area (Å²) in [5.74, 6) is 0.247. The second kappa shape index (κ2) is 7.24. The number of anilines is 1. The molecule has 1 aliphatic carbocycles. The summed E-state index contributed by atoms with van der Waals surface area (Å²) in [5.41, 5.74) is 14.6. The van der Waals surface area contributed by atoms with Gasteiger partial charge in [0.25, 0.3) is 5.91 Å². The number of nitrogens with zero attached hydrogens (tertiary/aromatic N) is 1. The molecule has 7 heteroatoms. The van der Waals surface area contributed by atoms with Crippen molar-refractivity contribution in [2.45, 2.75) is 37.5 Å². The molecule has 2 heterocycles. The fourth-order valence-electron chi connectivity index (χ4n) is 4.23. The van der Waals surface area contributed by atoms with Gasteiger partial charge in [0.1, 0.15) is 11.5 Å². The highest BCUT2D eigenvalue weighted by atomic mass is 32.1. The maximum atomic E-state index is 11.8. The van der Waals surface area contributed by atoms with Gasteiger partial charge in [0.15, 0.2) is 6.29 Å². The van der Waals surface area contributed by atoms with Crippen molar-refractivity contribution in [2.24, 2.45) is 5.73 Å².